The predicted molar refractivity (Wildman–Crippen MR) is 94.8 cm³/mol. The van der Waals surface area contributed by atoms with Gasteiger partial charge in [0.05, 0.1) is 18.3 Å². The highest BCUT2D eigenvalue weighted by Crippen LogP contribution is 2.32. The zero-order valence-electron chi connectivity index (χ0n) is 13.3. The minimum absolute atomic E-state index is 0.0323. The molecule has 2 aromatic carbocycles. The van der Waals surface area contributed by atoms with Gasteiger partial charge in [0, 0.05) is 10.9 Å². The van der Waals surface area contributed by atoms with Gasteiger partial charge in [0.1, 0.15) is 6.07 Å². The number of nitrogens with zero attached hydrogens (tertiary/aromatic N) is 2. The lowest BCUT2D eigenvalue weighted by molar-refractivity contribution is 0.329. The van der Waals surface area contributed by atoms with E-state index in [-0.39, 0.29) is 6.61 Å². The predicted octanol–water partition coefficient (Wildman–Crippen LogP) is 4.32. The van der Waals surface area contributed by atoms with Gasteiger partial charge in [-0.05, 0) is 30.4 Å². The second kappa shape index (κ2) is 7.30. The molecule has 24 heavy (non-hydrogen) atoms. The smallest absolute Gasteiger partial charge is 0.174 e. The van der Waals surface area contributed by atoms with Crippen molar-refractivity contribution in [3.63, 3.8) is 0 Å². The average Bonchev–Trinajstić information content (AvgIpc) is 2.64. The number of pyridine rings is 1. The molecule has 0 amide bonds. The van der Waals surface area contributed by atoms with Gasteiger partial charge in [0.25, 0.3) is 0 Å². The first-order chi connectivity index (χ1) is 11.8. The van der Waals surface area contributed by atoms with E-state index < -0.39 is 0 Å². The maximum atomic E-state index is 8.75. The molecule has 0 saturated heterocycles. The van der Waals surface area contributed by atoms with E-state index in [2.05, 4.69) is 4.98 Å². The summed E-state index contributed by atoms with van der Waals surface area (Å²) in [6, 6.07) is 19.6. The summed E-state index contributed by atoms with van der Waals surface area (Å²) in [5, 5.41) is 9.85. The van der Waals surface area contributed by atoms with Crippen LogP contribution in [0.25, 0.3) is 23.1 Å². The van der Waals surface area contributed by atoms with Gasteiger partial charge < -0.3 is 9.47 Å². The first-order valence-electron chi connectivity index (χ1n) is 7.52. The molecule has 4 nitrogen and oxygen atoms in total. The van der Waals surface area contributed by atoms with E-state index in [1.54, 1.807) is 13.2 Å². The van der Waals surface area contributed by atoms with Gasteiger partial charge in [-0.3, -0.25) is 0 Å². The van der Waals surface area contributed by atoms with Crippen molar-refractivity contribution < 1.29 is 9.47 Å². The second-order valence-corrected chi connectivity index (χ2v) is 5.09. The van der Waals surface area contributed by atoms with E-state index in [0.29, 0.717) is 11.5 Å². The zero-order valence-corrected chi connectivity index (χ0v) is 13.3. The third kappa shape index (κ3) is 3.36. The molecule has 0 unspecified atom stereocenters. The standard InChI is InChI=1S/C20H16N2O2/c1-23-19-8-4-6-16(20(19)24-14-13-21)10-12-17-11-9-15-5-2-3-7-18(15)22-17/h2-12H,14H2,1H3/b12-10+. The fraction of sp³-hybridized carbons (Fsp3) is 0.100. The van der Waals surface area contributed by atoms with Gasteiger partial charge >= 0.3 is 0 Å². The molecule has 0 spiro atoms. The van der Waals surface area contributed by atoms with Gasteiger partial charge in [0.2, 0.25) is 0 Å². The molecule has 0 atom stereocenters. The van der Waals surface area contributed by atoms with Crippen LogP contribution in [0.1, 0.15) is 11.3 Å². The molecule has 3 rings (SSSR count). The van der Waals surface area contributed by atoms with E-state index in [1.807, 2.05) is 66.8 Å². The van der Waals surface area contributed by atoms with Crippen molar-refractivity contribution >= 4 is 23.1 Å². The van der Waals surface area contributed by atoms with E-state index in [0.717, 1.165) is 22.2 Å². The van der Waals surface area contributed by atoms with Crippen molar-refractivity contribution in [1.82, 2.24) is 4.98 Å². The highest BCUT2D eigenvalue weighted by molar-refractivity contribution is 5.81. The maximum absolute atomic E-state index is 8.75. The second-order valence-electron chi connectivity index (χ2n) is 5.09. The van der Waals surface area contributed by atoms with Crippen LogP contribution in [-0.4, -0.2) is 18.7 Å². The fourth-order valence-electron chi connectivity index (χ4n) is 2.43. The summed E-state index contributed by atoms with van der Waals surface area (Å²) in [7, 11) is 1.58. The van der Waals surface area contributed by atoms with Crippen molar-refractivity contribution in [2.24, 2.45) is 0 Å². The number of nitriles is 1. The first kappa shape index (κ1) is 15.6. The molecule has 0 aliphatic heterocycles. The number of rotatable bonds is 5. The highest BCUT2D eigenvalue weighted by Gasteiger charge is 2.08. The Morgan fingerprint density at radius 3 is 2.75 bits per heavy atom. The summed E-state index contributed by atoms with van der Waals surface area (Å²) in [5.41, 5.74) is 2.63. The van der Waals surface area contributed by atoms with Crippen molar-refractivity contribution in [3.8, 4) is 17.6 Å². The van der Waals surface area contributed by atoms with Gasteiger partial charge in [-0.25, -0.2) is 4.98 Å². The number of hydrogen-bond acceptors (Lipinski definition) is 4. The van der Waals surface area contributed by atoms with Crippen LogP contribution in [-0.2, 0) is 0 Å². The van der Waals surface area contributed by atoms with E-state index in [4.69, 9.17) is 14.7 Å². The summed E-state index contributed by atoms with van der Waals surface area (Å²) in [5.74, 6) is 1.15. The monoisotopic (exact) mass is 316 g/mol. The van der Waals surface area contributed by atoms with Crippen LogP contribution in [0, 0.1) is 11.3 Å². The van der Waals surface area contributed by atoms with Crippen LogP contribution in [0.3, 0.4) is 0 Å². The summed E-state index contributed by atoms with van der Waals surface area (Å²) in [6.45, 7) is -0.0323. The Balaban J connectivity index is 1.94. The topological polar surface area (TPSA) is 55.1 Å². The van der Waals surface area contributed by atoms with Gasteiger partial charge in [0.15, 0.2) is 18.1 Å². The lowest BCUT2D eigenvalue weighted by Crippen LogP contribution is -1.98. The van der Waals surface area contributed by atoms with Crippen LogP contribution < -0.4 is 9.47 Å². The normalized spacial score (nSPS) is 10.7. The lowest BCUT2D eigenvalue weighted by Gasteiger charge is -2.11. The Hall–Kier alpha value is -3.32. The number of benzene rings is 2. The maximum Gasteiger partial charge on any atom is 0.174 e. The van der Waals surface area contributed by atoms with E-state index >= 15 is 0 Å². The van der Waals surface area contributed by atoms with Crippen LogP contribution in [0.2, 0.25) is 0 Å². The fourth-order valence-corrected chi connectivity index (χ4v) is 2.43. The molecule has 0 N–H and O–H groups in total. The van der Waals surface area contributed by atoms with Crippen molar-refractivity contribution in [2.75, 3.05) is 13.7 Å². The van der Waals surface area contributed by atoms with Crippen LogP contribution in [0.15, 0.2) is 54.6 Å². The van der Waals surface area contributed by atoms with E-state index in [1.165, 1.54) is 0 Å². The van der Waals surface area contributed by atoms with Crippen LogP contribution in [0.4, 0.5) is 0 Å². The van der Waals surface area contributed by atoms with E-state index in [9.17, 15) is 0 Å². The molecule has 1 heterocycles. The van der Waals surface area contributed by atoms with Gasteiger partial charge in [-0.15, -0.1) is 0 Å². The van der Waals surface area contributed by atoms with Crippen molar-refractivity contribution in [1.29, 1.82) is 5.26 Å². The zero-order chi connectivity index (χ0) is 16.8. The molecule has 3 aromatic rings. The molecule has 1 aromatic heterocycles. The number of para-hydroxylation sites is 2. The van der Waals surface area contributed by atoms with Crippen molar-refractivity contribution in [2.45, 2.75) is 0 Å². The summed E-state index contributed by atoms with van der Waals surface area (Å²) >= 11 is 0. The number of ether oxygens (including phenoxy) is 2. The SMILES string of the molecule is COc1cccc(/C=C/c2ccc3ccccc3n2)c1OCC#N. The molecule has 0 radical (unpaired) electrons. The Morgan fingerprint density at radius 1 is 1.04 bits per heavy atom. The Kier molecular flexibility index (Phi) is 4.73. The molecule has 0 saturated carbocycles. The summed E-state index contributed by atoms with van der Waals surface area (Å²) < 4.78 is 10.8. The summed E-state index contributed by atoms with van der Waals surface area (Å²) in [4.78, 5) is 4.61. The Labute approximate surface area is 140 Å². The molecule has 0 aliphatic carbocycles. The Morgan fingerprint density at radius 2 is 1.92 bits per heavy atom. The molecule has 4 heteroatoms. The minimum atomic E-state index is -0.0323. The third-order valence-corrected chi connectivity index (χ3v) is 3.56. The molecule has 0 aliphatic rings. The van der Waals surface area contributed by atoms with Crippen LogP contribution in [0.5, 0.6) is 11.5 Å². The number of methoxy groups -OCH3 is 1. The minimum Gasteiger partial charge on any atom is -0.493 e. The average molecular weight is 316 g/mol. The molecule has 118 valence electrons. The van der Waals surface area contributed by atoms with Crippen molar-refractivity contribution in [3.05, 3.63) is 65.9 Å². The van der Waals surface area contributed by atoms with Crippen LogP contribution >= 0.6 is 0 Å². The number of aromatic nitrogens is 1. The summed E-state index contributed by atoms with van der Waals surface area (Å²) in [6.07, 6.45) is 3.83. The first-order valence-corrected chi connectivity index (χ1v) is 7.52. The molecule has 0 fully saturated rings. The number of fused-ring (bicyclic) bond motifs is 1. The largest absolute Gasteiger partial charge is 0.493 e. The Bertz CT molecular complexity index is 926. The quantitative estimate of drug-likeness (QED) is 0.703. The molecular formula is C20H16N2O2. The van der Waals surface area contributed by atoms with Gasteiger partial charge in [-0.2, -0.15) is 5.26 Å². The lowest BCUT2D eigenvalue weighted by atomic mass is 10.1. The molecular weight excluding hydrogens is 300 g/mol. The molecule has 0 bridgehead atoms. The highest BCUT2D eigenvalue weighted by atomic mass is 16.5. The van der Waals surface area contributed by atoms with Gasteiger partial charge in [-0.1, -0.05) is 36.4 Å². The number of hydrogen-bond donors (Lipinski definition) is 0. The third-order valence-electron chi connectivity index (χ3n) is 3.56.